The Morgan fingerprint density at radius 2 is 1.18 bits per heavy atom. The van der Waals surface area contributed by atoms with Crippen LogP contribution in [-0.4, -0.2) is 30.6 Å². The predicted molar refractivity (Wildman–Crippen MR) is 175 cm³/mol. The molecule has 0 bridgehead atoms. The Kier molecular flexibility index (Phi) is 13.6. The van der Waals surface area contributed by atoms with E-state index in [1.165, 1.54) is 108 Å². The van der Waals surface area contributed by atoms with E-state index in [1.54, 1.807) is 6.07 Å². The molecular formula is C32H48N6O6. The van der Waals surface area contributed by atoms with Crippen LogP contribution in [0.2, 0.25) is 0 Å². The first-order valence-electron chi connectivity index (χ1n) is 16.2. The number of H-pyrrole nitrogens is 2. The maximum atomic E-state index is 12.7. The summed E-state index contributed by atoms with van der Waals surface area (Å²) in [5.74, 6) is -0.227. The van der Waals surface area contributed by atoms with Gasteiger partial charge in [0.25, 0.3) is 5.56 Å². The van der Waals surface area contributed by atoms with E-state index >= 15 is 0 Å². The fourth-order valence-electron chi connectivity index (χ4n) is 5.61. The van der Waals surface area contributed by atoms with Crippen molar-refractivity contribution < 1.29 is 4.92 Å². The summed E-state index contributed by atoms with van der Waals surface area (Å²) >= 11 is 0. The first-order chi connectivity index (χ1) is 21.2. The molecule has 0 fully saturated rings. The fourth-order valence-corrected chi connectivity index (χ4v) is 5.61. The zero-order valence-corrected chi connectivity index (χ0v) is 26.5. The molecule has 1 aromatic carbocycles. The third-order valence-electron chi connectivity index (χ3n) is 8.35. The number of aromatic nitrogens is 4. The van der Waals surface area contributed by atoms with E-state index in [9.17, 15) is 29.3 Å². The average molecular weight is 613 g/mol. The summed E-state index contributed by atoms with van der Waals surface area (Å²) < 4.78 is 1.62. The van der Waals surface area contributed by atoms with Crippen molar-refractivity contribution in [3.63, 3.8) is 0 Å². The average Bonchev–Trinajstić information content (AvgIpc) is 2.99. The highest BCUT2D eigenvalue weighted by Crippen LogP contribution is 2.30. The largest absolute Gasteiger partial charge is 0.374 e. The maximum absolute atomic E-state index is 12.7. The Labute approximate surface area is 257 Å². The molecule has 3 rings (SSSR count). The van der Waals surface area contributed by atoms with Gasteiger partial charge in [-0.1, -0.05) is 103 Å². The molecule has 0 radical (unpaired) electrons. The molecule has 242 valence electrons. The van der Waals surface area contributed by atoms with Crippen LogP contribution in [0, 0.1) is 10.1 Å². The zero-order valence-electron chi connectivity index (χ0n) is 26.5. The minimum Gasteiger partial charge on any atom is -0.322 e. The lowest BCUT2D eigenvalue weighted by Crippen LogP contribution is -2.37. The normalized spacial score (nSPS) is 11.3. The van der Waals surface area contributed by atoms with Gasteiger partial charge in [-0.05, 0) is 24.6 Å². The van der Waals surface area contributed by atoms with Gasteiger partial charge in [0.1, 0.15) is 0 Å². The highest BCUT2D eigenvalue weighted by Gasteiger charge is 2.28. The zero-order chi connectivity index (χ0) is 32.1. The number of hydrogen-bond acceptors (Lipinski definition) is 7. The van der Waals surface area contributed by atoms with Gasteiger partial charge in [0.15, 0.2) is 0 Å². The van der Waals surface area contributed by atoms with Crippen LogP contribution in [0.15, 0.2) is 37.4 Å². The van der Waals surface area contributed by atoms with Crippen molar-refractivity contribution in [2.75, 3.05) is 11.4 Å². The lowest BCUT2D eigenvalue weighted by Gasteiger charge is -2.24. The van der Waals surface area contributed by atoms with Gasteiger partial charge < -0.3 is 9.88 Å². The number of nitro groups is 1. The van der Waals surface area contributed by atoms with Gasteiger partial charge in [-0.25, -0.2) is 9.59 Å². The molecule has 0 aliphatic rings. The van der Waals surface area contributed by atoms with Gasteiger partial charge in [-0.3, -0.25) is 33.8 Å². The lowest BCUT2D eigenvalue weighted by molar-refractivity contribution is -0.386. The van der Waals surface area contributed by atoms with Crippen LogP contribution in [0.25, 0.3) is 10.9 Å². The topological polar surface area (TPSA) is 156 Å². The molecule has 2 N–H and O–H groups in total. The van der Waals surface area contributed by atoms with E-state index in [4.69, 9.17) is 0 Å². The lowest BCUT2D eigenvalue weighted by atomic mass is 10.0. The smallest absolute Gasteiger partial charge is 0.322 e. The van der Waals surface area contributed by atoms with Crippen molar-refractivity contribution in [3.05, 3.63) is 70.0 Å². The van der Waals surface area contributed by atoms with Crippen LogP contribution in [0.1, 0.15) is 110 Å². The minimum absolute atomic E-state index is 0.227. The van der Waals surface area contributed by atoms with Gasteiger partial charge in [0.05, 0.1) is 15.8 Å². The van der Waals surface area contributed by atoms with E-state index in [2.05, 4.69) is 16.9 Å². The second kappa shape index (κ2) is 17.4. The first-order valence-corrected chi connectivity index (χ1v) is 16.2. The Morgan fingerprint density at radius 3 is 1.70 bits per heavy atom. The molecular weight excluding hydrogens is 564 g/mol. The number of hydrogen-bond donors (Lipinski definition) is 2. The predicted octanol–water partition coefficient (Wildman–Crippen LogP) is 5.92. The van der Waals surface area contributed by atoms with Crippen LogP contribution in [-0.2, 0) is 14.1 Å². The van der Waals surface area contributed by atoms with Crippen molar-refractivity contribution in [1.29, 1.82) is 0 Å². The third kappa shape index (κ3) is 9.27. The van der Waals surface area contributed by atoms with Crippen LogP contribution in [0.5, 0.6) is 0 Å². The van der Waals surface area contributed by atoms with Gasteiger partial charge in [0, 0.05) is 26.3 Å². The third-order valence-corrected chi connectivity index (χ3v) is 8.35. The Balaban J connectivity index is 1.61. The number of rotatable bonds is 20. The second-order valence-electron chi connectivity index (χ2n) is 11.7. The minimum atomic E-state index is -1.02. The van der Waals surface area contributed by atoms with Gasteiger partial charge >= 0.3 is 22.6 Å². The number of fused-ring (bicyclic) bond motifs is 1. The molecule has 3 aromatic rings. The van der Waals surface area contributed by atoms with Gasteiger partial charge in [0.2, 0.25) is 5.82 Å². The van der Waals surface area contributed by atoms with Crippen molar-refractivity contribution in [2.24, 2.45) is 14.1 Å². The summed E-state index contributed by atoms with van der Waals surface area (Å²) in [6.45, 7) is 2.53. The number of anilines is 2. The molecule has 12 heteroatoms. The van der Waals surface area contributed by atoms with E-state index in [0.29, 0.717) is 16.7 Å². The fraction of sp³-hybridized carbons (Fsp3) is 0.625. The van der Waals surface area contributed by atoms with Crippen molar-refractivity contribution in [1.82, 2.24) is 19.1 Å². The number of nitrogens with one attached hydrogen (secondary N) is 2. The van der Waals surface area contributed by atoms with Crippen LogP contribution in [0.3, 0.4) is 0 Å². The van der Waals surface area contributed by atoms with Crippen LogP contribution < -0.4 is 27.4 Å². The summed E-state index contributed by atoms with van der Waals surface area (Å²) in [5.41, 5.74) is -2.98. The highest BCUT2D eigenvalue weighted by atomic mass is 16.6. The Hall–Kier alpha value is -3.96. The summed E-state index contributed by atoms with van der Waals surface area (Å²) in [6, 6.07) is 4.65. The maximum Gasteiger partial charge on any atom is 0.374 e. The molecule has 2 aromatic heterocycles. The molecule has 0 spiro atoms. The van der Waals surface area contributed by atoms with Crippen molar-refractivity contribution >= 4 is 28.1 Å². The monoisotopic (exact) mass is 612 g/mol. The summed E-state index contributed by atoms with van der Waals surface area (Å²) in [7, 11) is 2.54. The molecule has 0 saturated carbocycles. The van der Waals surface area contributed by atoms with E-state index in [-0.39, 0.29) is 23.3 Å². The Bertz CT molecular complexity index is 1620. The molecule has 0 amide bonds. The number of unbranched alkanes of at least 4 members (excludes halogenated alkanes) is 15. The SMILES string of the molecule is CCCCCCCCCCCCCCCCCCN(c1ccc2c(=O)n(C)c(=O)[nH]c2c1)c1[nH]c(=O)n(C)c(=O)c1[N+](=O)[O-]. The molecule has 0 unspecified atom stereocenters. The summed E-state index contributed by atoms with van der Waals surface area (Å²) in [4.78, 5) is 67.8. The first kappa shape index (κ1) is 34.5. The van der Waals surface area contributed by atoms with Gasteiger partial charge in [-0.15, -0.1) is 0 Å². The summed E-state index contributed by atoms with van der Waals surface area (Å²) in [5, 5.41) is 12.2. The molecule has 2 heterocycles. The number of benzene rings is 1. The molecule has 44 heavy (non-hydrogen) atoms. The molecule has 0 aliphatic carbocycles. The number of nitrogens with zero attached hydrogens (tertiary/aromatic N) is 4. The van der Waals surface area contributed by atoms with Gasteiger partial charge in [-0.2, -0.15) is 0 Å². The van der Waals surface area contributed by atoms with E-state index in [0.717, 1.165) is 23.8 Å². The van der Waals surface area contributed by atoms with Crippen molar-refractivity contribution in [2.45, 2.75) is 110 Å². The molecule has 0 aliphatic heterocycles. The standard InChI is InChI=1S/C32H48N6O6/c1-4-5-6-7-8-9-10-11-12-13-14-15-16-17-18-19-22-37(28-27(38(43)44)30(40)36(3)32(42)34-28)24-20-21-25-26(23-24)33-31(41)35(2)29(25)39/h20-21,23H,4-19,22H2,1-3H3,(H,33,41)(H,34,42). The quantitative estimate of drug-likeness (QED) is 0.0911. The molecule has 0 atom stereocenters. The molecule has 0 saturated heterocycles. The van der Waals surface area contributed by atoms with Crippen molar-refractivity contribution in [3.8, 4) is 0 Å². The van der Waals surface area contributed by atoms with E-state index in [1.807, 2.05) is 0 Å². The molecule has 12 nitrogen and oxygen atoms in total. The number of aromatic amines is 2. The highest BCUT2D eigenvalue weighted by molar-refractivity contribution is 5.83. The van der Waals surface area contributed by atoms with E-state index < -0.39 is 33.1 Å². The van der Waals surface area contributed by atoms with Crippen LogP contribution >= 0.6 is 0 Å². The second-order valence-corrected chi connectivity index (χ2v) is 11.7. The van der Waals surface area contributed by atoms with Crippen LogP contribution in [0.4, 0.5) is 17.2 Å². The summed E-state index contributed by atoms with van der Waals surface area (Å²) in [6.07, 6.45) is 19.3. The Morgan fingerprint density at radius 1 is 0.705 bits per heavy atom.